The Hall–Kier alpha value is -1.20. The molecule has 18 heavy (non-hydrogen) atoms. The summed E-state index contributed by atoms with van der Waals surface area (Å²) in [4.78, 5) is 27.3. The van der Waals surface area contributed by atoms with E-state index in [1.807, 2.05) is 12.2 Å². The number of nitrogens with one attached hydrogen (secondary N) is 1. The Balaban J connectivity index is 1.69. The molecule has 2 fully saturated rings. The molecule has 1 N–H and O–H groups in total. The summed E-state index contributed by atoms with van der Waals surface area (Å²) in [5.41, 5.74) is 0. The van der Waals surface area contributed by atoms with Crippen LogP contribution in [0.4, 0.5) is 0 Å². The molecule has 2 atom stereocenters. The van der Waals surface area contributed by atoms with Crippen LogP contribution in [-0.4, -0.2) is 49.7 Å². The van der Waals surface area contributed by atoms with Gasteiger partial charge < -0.3 is 9.64 Å². The first-order chi connectivity index (χ1) is 8.77. The summed E-state index contributed by atoms with van der Waals surface area (Å²) in [6, 6.07) is 0. The molecule has 3 aliphatic rings. The average molecular weight is 251 g/mol. The lowest BCUT2D eigenvalue weighted by Crippen LogP contribution is -3.15. The van der Waals surface area contributed by atoms with E-state index in [4.69, 9.17) is 4.74 Å². The monoisotopic (exact) mass is 251 g/mol. The average Bonchev–Trinajstić information content (AvgIpc) is 2.66. The molecule has 0 aromatic carbocycles. The molecule has 2 amide bonds. The Labute approximate surface area is 106 Å². The zero-order valence-corrected chi connectivity index (χ0v) is 10.4. The summed E-state index contributed by atoms with van der Waals surface area (Å²) in [7, 11) is 0. The lowest BCUT2D eigenvalue weighted by molar-refractivity contribution is -0.915. The molecule has 0 aromatic rings. The molecule has 0 aromatic heterocycles. The normalized spacial score (nSPS) is 33.0. The van der Waals surface area contributed by atoms with Crippen LogP contribution in [0.5, 0.6) is 0 Å². The van der Waals surface area contributed by atoms with Crippen molar-refractivity contribution >= 4 is 11.8 Å². The maximum Gasteiger partial charge on any atom is 0.237 e. The van der Waals surface area contributed by atoms with E-state index in [2.05, 4.69) is 0 Å². The van der Waals surface area contributed by atoms with Crippen LogP contribution in [0, 0.1) is 11.8 Å². The van der Waals surface area contributed by atoms with Crippen LogP contribution in [-0.2, 0) is 14.3 Å². The first-order valence-corrected chi connectivity index (χ1v) is 6.69. The van der Waals surface area contributed by atoms with Gasteiger partial charge in [-0.15, -0.1) is 0 Å². The highest BCUT2D eigenvalue weighted by atomic mass is 16.5. The fourth-order valence-corrected chi connectivity index (χ4v) is 3.07. The van der Waals surface area contributed by atoms with E-state index >= 15 is 0 Å². The molecular weight excluding hydrogens is 232 g/mol. The summed E-state index contributed by atoms with van der Waals surface area (Å²) in [6.45, 7) is 3.73. The molecular formula is C13H19N2O3+. The van der Waals surface area contributed by atoms with Gasteiger partial charge in [-0.3, -0.25) is 9.59 Å². The molecule has 1 aliphatic carbocycles. The van der Waals surface area contributed by atoms with Crippen molar-refractivity contribution in [2.24, 2.45) is 11.8 Å². The number of hydrogen-bond acceptors (Lipinski definition) is 3. The highest BCUT2D eigenvalue weighted by Crippen LogP contribution is 2.34. The molecule has 0 saturated carbocycles. The van der Waals surface area contributed by atoms with E-state index < -0.39 is 0 Å². The highest BCUT2D eigenvalue weighted by Gasteiger charge is 2.48. The van der Waals surface area contributed by atoms with Gasteiger partial charge >= 0.3 is 0 Å². The predicted octanol–water partition coefficient (Wildman–Crippen LogP) is -1.19. The van der Waals surface area contributed by atoms with Gasteiger partial charge in [-0.2, -0.15) is 0 Å². The smallest absolute Gasteiger partial charge is 0.237 e. The largest absolute Gasteiger partial charge is 0.370 e. The topological polar surface area (TPSA) is 51.0 Å². The highest BCUT2D eigenvalue weighted by molar-refractivity contribution is 6.05. The molecule has 2 aliphatic heterocycles. The van der Waals surface area contributed by atoms with Crippen molar-refractivity contribution in [2.45, 2.75) is 12.8 Å². The van der Waals surface area contributed by atoms with E-state index in [1.54, 1.807) is 0 Å². The summed E-state index contributed by atoms with van der Waals surface area (Å²) in [5, 5.41) is 0. The van der Waals surface area contributed by atoms with Crippen LogP contribution in [0.2, 0.25) is 0 Å². The fourth-order valence-electron chi connectivity index (χ4n) is 3.07. The number of imide groups is 1. The molecule has 0 spiro atoms. The number of amides is 2. The van der Waals surface area contributed by atoms with Gasteiger partial charge in [0.1, 0.15) is 13.1 Å². The van der Waals surface area contributed by atoms with E-state index in [-0.39, 0.29) is 23.7 Å². The number of likely N-dealkylation sites (tertiary alicyclic amines) is 1. The summed E-state index contributed by atoms with van der Waals surface area (Å²) < 4.78 is 5.29. The molecule has 0 unspecified atom stereocenters. The number of carbonyl (C=O) groups excluding carboxylic acids is 2. The molecule has 5 heteroatoms. The molecule has 0 radical (unpaired) electrons. The Bertz CT molecular complexity index is 362. The first kappa shape index (κ1) is 11.9. The minimum atomic E-state index is -0.0945. The molecule has 0 bridgehead atoms. The maximum absolute atomic E-state index is 12.3. The van der Waals surface area contributed by atoms with Crippen molar-refractivity contribution in [2.75, 3.05) is 33.0 Å². The van der Waals surface area contributed by atoms with Gasteiger partial charge in [-0.05, 0) is 12.8 Å². The van der Waals surface area contributed by atoms with Gasteiger partial charge in [0.05, 0.1) is 25.0 Å². The van der Waals surface area contributed by atoms with Crippen LogP contribution in [0.15, 0.2) is 12.2 Å². The Morgan fingerprint density at radius 1 is 1.11 bits per heavy atom. The number of carbonyl (C=O) groups is 2. The fraction of sp³-hybridized carbons (Fsp3) is 0.692. The van der Waals surface area contributed by atoms with Crippen LogP contribution < -0.4 is 4.90 Å². The lowest BCUT2D eigenvalue weighted by atomic mass is 9.85. The molecule has 2 saturated heterocycles. The minimum absolute atomic E-state index is 0.0355. The molecule has 3 rings (SSSR count). The van der Waals surface area contributed by atoms with E-state index in [1.165, 1.54) is 9.80 Å². The van der Waals surface area contributed by atoms with Crippen LogP contribution in [0.25, 0.3) is 0 Å². The van der Waals surface area contributed by atoms with E-state index in [9.17, 15) is 9.59 Å². The lowest BCUT2D eigenvalue weighted by Gasteiger charge is -2.27. The van der Waals surface area contributed by atoms with Gasteiger partial charge in [0.2, 0.25) is 11.8 Å². The second-order valence-corrected chi connectivity index (χ2v) is 5.28. The molecule has 5 nitrogen and oxygen atoms in total. The van der Waals surface area contributed by atoms with Crippen molar-refractivity contribution in [3.05, 3.63) is 12.2 Å². The number of rotatable bonds is 2. The van der Waals surface area contributed by atoms with Gasteiger partial charge in [0, 0.05) is 0 Å². The van der Waals surface area contributed by atoms with Crippen LogP contribution in [0.3, 0.4) is 0 Å². The van der Waals surface area contributed by atoms with Crippen molar-refractivity contribution in [3.8, 4) is 0 Å². The third-order valence-corrected chi connectivity index (χ3v) is 4.18. The number of nitrogens with zero attached hydrogens (tertiary/aromatic N) is 1. The summed E-state index contributed by atoms with van der Waals surface area (Å²) >= 11 is 0. The minimum Gasteiger partial charge on any atom is -0.370 e. The second kappa shape index (κ2) is 4.82. The SMILES string of the molecule is O=C1[C@@H]2CC=CC[C@H]2C(=O)N1C[NH+]1CCOCC1. The zero-order chi connectivity index (χ0) is 12.5. The van der Waals surface area contributed by atoms with E-state index in [0.717, 1.165) is 39.1 Å². The van der Waals surface area contributed by atoms with Crippen molar-refractivity contribution < 1.29 is 19.2 Å². The van der Waals surface area contributed by atoms with E-state index in [0.29, 0.717) is 6.67 Å². The third kappa shape index (κ3) is 1.97. The number of allylic oxidation sites excluding steroid dienone is 2. The van der Waals surface area contributed by atoms with Crippen molar-refractivity contribution in [3.63, 3.8) is 0 Å². The quantitative estimate of drug-likeness (QED) is 0.496. The van der Waals surface area contributed by atoms with Gasteiger partial charge in [0.15, 0.2) is 6.67 Å². The Kier molecular flexibility index (Phi) is 3.18. The number of morpholine rings is 1. The maximum atomic E-state index is 12.3. The standard InChI is InChI=1S/C13H18N2O3/c16-12-10-3-1-2-4-11(10)13(17)15(12)9-14-5-7-18-8-6-14/h1-2,10-11H,3-9H2/p+1/t10-,11-/m1/s1. The first-order valence-electron chi connectivity index (χ1n) is 6.69. The molecule has 98 valence electrons. The zero-order valence-electron chi connectivity index (χ0n) is 10.4. The van der Waals surface area contributed by atoms with Gasteiger partial charge in [-0.25, -0.2) is 4.90 Å². The predicted molar refractivity (Wildman–Crippen MR) is 63.6 cm³/mol. The van der Waals surface area contributed by atoms with Crippen LogP contribution in [0.1, 0.15) is 12.8 Å². The third-order valence-electron chi connectivity index (χ3n) is 4.18. The number of fused-ring (bicyclic) bond motifs is 1. The second-order valence-electron chi connectivity index (χ2n) is 5.28. The number of ether oxygens (including phenoxy) is 1. The Morgan fingerprint density at radius 2 is 1.67 bits per heavy atom. The van der Waals surface area contributed by atoms with Crippen molar-refractivity contribution in [1.29, 1.82) is 0 Å². The molecule has 2 heterocycles. The van der Waals surface area contributed by atoms with Crippen molar-refractivity contribution in [1.82, 2.24) is 4.90 Å². The van der Waals surface area contributed by atoms with Gasteiger partial charge in [0.25, 0.3) is 0 Å². The van der Waals surface area contributed by atoms with Gasteiger partial charge in [-0.1, -0.05) is 12.2 Å². The Morgan fingerprint density at radius 3 is 2.22 bits per heavy atom. The van der Waals surface area contributed by atoms with Crippen LogP contribution >= 0.6 is 0 Å². The summed E-state index contributed by atoms with van der Waals surface area (Å²) in [5.74, 6) is -0.118. The number of hydrogen-bond donors (Lipinski definition) is 1. The summed E-state index contributed by atoms with van der Waals surface area (Å²) in [6.07, 6.45) is 5.50. The number of quaternary nitrogens is 1.